The predicted octanol–water partition coefficient (Wildman–Crippen LogP) is 2.22. The van der Waals surface area contributed by atoms with Crippen LogP contribution in [0.25, 0.3) is 0 Å². The summed E-state index contributed by atoms with van der Waals surface area (Å²) in [4.78, 5) is 26.5. The van der Waals surface area contributed by atoms with Crippen molar-refractivity contribution in [2.45, 2.75) is 45.1 Å². The Kier molecular flexibility index (Phi) is 3.85. The Bertz CT molecular complexity index is 701. The summed E-state index contributed by atoms with van der Waals surface area (Å²) in [5.41, 5.74) is 2.37. The molecule has 0 unspecified atom stereocenters. The Labute approximate surface area is 136 Å². The Morgan fingerprint density at radius 1 is 1.39 bits per heavy atom. The summed E-state index contributed by atoms with van der Waals surface area (Å²) in [5, 5.41) is 12.1. The molecule has 1 aromatic carbocycles. The minimum absolute atomic E-state index is 0.0292. The Hall–Kier alpha value is -2.35. The number of nitrogens with one attached hydrogen (secondary N) is 1. The minimum Gasteiger partial charge on any atom is -0.338 e. The fraction of sp³-hybridized carbons (Fsp3) is 0.500. The third-order valence-electron chi connectivity index (χ3n) is 5.15. The molecule has 1 saturated heterocycles. The third-order valence-corrected chi connectivity index (χ3v) is 5.15. The van der Waals surface area contributed by atoms with Gasteiger partial charge in [0.1, 0.15) is 5.54 Å². The number of amides is 2. The number of benzene rings is 1. The SMILES string of the molecule is Cc1cccc(N2C[C@@H](C(=O)NC3(C#N)CCC3)CC2=O)c1C. The first-order valence-electron chi connectivity index (χ1n) is 8.06. The summed E-state index contributed by atoms with van der Waals surface area (Å²) in [6.07, 6.45) is 2.58. The van der Waals surface area contributed by atoms with E-state index in [9.17, 15) is 14.9 Å². The fourth-order valence-corrected chi connectivity index (χ4v) is 3.28. The maximum absolute atomic E-state index is 12.4. The molecule has 1 N–H and O–H groups in total. The molecule has 1 heterocycles. The highest BCUT2D eigenvalue weighted by Crippen LogP contribution is 2.33. The largest absolute Gasteiger partial charge is 0.338 e. The second-order valence-electron chi connectivity index (χ2n) is 6.66. The molecule has 0 spiro atoms. The van der Waals surface area contributed by atoms with Gasteiger partial charge in [0.15, 0.2) is 0 Å². The molecular formula is C18H21N3O2. The first-order chi connectivity index (χ1) is 11.0. The highest BCUT2D eigenvalue weighted by Gasteiger charge is 2.42. The van der Waals surface area contributed by atoms with E-state index >= 15 is 0 Å². The second-order valence-corrected chi connectivity index (χ2v) is 6.66. The first-order valence-corrected chi connectivity index (χ1v) is 8.06. The molecule has 2 amide bonds. The molecule has 2 fully saturated rings. The third kappa shape index (κ3) is 2.70. The lowest BCUT2D eigenvalue weighted by molar-refractivity contribution is -0.128. The average molecular weight is 311 g/mol. The topological polar surface area (TPSA) is 73.2 Å². The van der Waals surface area contributed by atoms with Crippen LogP contribution in [0, 0.1) is 31.1 Å². The van der Waals surface area contributed by atoms with E-state index in [1.165, 1.54) is 0 Å². The van der Waals surface area contributed by atoms with Gasteiger partial charge in [-0.1, -0.05) is 12.1 Å². The normalized spacial score (nSPS) is 22.4. The van der Waals surface area contributed by atoms with Gasteiger partial charge in [-0.3, -0.25) is 9.59 Å². The highest BCUT2D eigenvalue weighted by molar-refractivity contribution is 6.01. The van der Waals surface area contributed by atoms with Crippen molar-refractivity contribution in [3.63, 3.8) is 0 Å². The highest BCUT2D eigenvalue weighted by atomic mass is 16.2. The Balaban J connectivity index is 1.74. The number of hydrogen-bond acceptors (Lipinski definition) is 3. The molecule has 5 nitrogen and oxygen atoms in total. The van der Waals surface area contributed by atoms with Crippen LogP contribution in [0.3, 0.4) is 0 Å². The van der Waals surface area contributed by atoms with Crippen molar-refractivity contribution in [1.82, 2.24) is 5.32 Å². The quantitative estimate of drug-likeness (QED) is 0.930. The maximum Gasteiger partial charge on any atom is 0.227 e. The van der Waals surface area contributed by atoms with Gasteiger partial charge in [0.05, 0.1) is 12.0 Å². The van der Waals surface area contributed by atoms with Gasteiger partial charge < -0.3 is 10.2 Å². The number of nitrogens with zero attached hydrogens (tertiary/aromatic N) is 2. The number of carbonyl (C=O) groups excluding carboxylic acids is 2. The number of anilines is 1. The molecule has 23 heavy (non-hydrogen) atoms. The number of rotatable bonds is 3. The van der Waals surface area contributed by atoms with Crippen LogP contribution in [0.1, 0.15) is 36.8 Å². The fourth-order valence-electron chi connectivity index (χ4n) is 3.28. The van der Waals surface area contributed by atoms with Gasteiger partial charge in [-0.2, -0.15) is 5.26 Å². The van der Waals surface area contributed by atoms with Crippen molar-refractivity contribution >= 4 is 17.5 Å². The van der Waals surface area contributed by atoms with Gasteiger partial charge in [0, 0.05) is 18.7 Å². The molecule has 5 heteroatoms. The van der Waals surface area contributed by atoms with Crippen LogP contribution in [0.15, 0.2) is 18.2 Å². The molecule has 1 aliphatic carbocycles. The number of aryl methyl sites for hydroxylation is 1. The van der Waals surface area contributed by atoms with E-state index < -0.39 is 5.54 Å². The summed E-state index contributed by atoms with van der Waals surface area (Å²) in [7, 11) is 0. The van der Waals surface area contributed by atoms with Crippen LogP contribution in [0.5, 0.6) is 0 Å². The molecule has 1 aromatic rings. The lowest BCUT2D eigenvalue weighted by Crippen LogP contribution is -2.54. The molecule has 3 rings (SSSR count). The van der Waals surface area contributed by atoms with E-state index in [1.54, 1.807) is 4.90 Å². The van der Waals surface area contributed by atoms with Gasteiger partial charge in [0.25, 0.3) is 0 Å². The van der Waals surface area contributed by atoms with Crippen molar-refractivity contribution in [2.75, 3.05) is 11.4 Å². The van der Waals surface area contributed by atoms with E-state index in [0.717, 1.165) is 23.2 Å². The summed E-state index contributed by atoms with van der Waals surface area (Å²) in [6.45, 7) is 4.39. The van der Waals surface area contributed by atoms with Crippen LogP contribution in [0.4, 0.5) is 5.69 Å². The standard InChI is InChI=1S/C18H21N3O2/c1-12-5-3-6-15(13(12)2)21-10-14(9-16(21)22)17(23)20-18(11-19)7-4-8-18/h3,5-6,14H,4,7-10H2,1-2H3,(H,20,23)/t14-/m0/s1. The molecule has 0 radical (unpaired) electrons. The van der Waals surface area contributed by atoms with Crippen LogP contribution in [-0.4, -0.2) is 23.9 Å². The second kappa shape index (κ2) is 5.69. The van der Waals surface area contributed by atoms with Crippen molar-refractivity contribution < 1.29 is 9.59 Å². The van der Waals surface area contributed by atoms with Gasteiger partial charge in [-0.05, 0) is 50.3 Å². The van der Waals surface area contributed by atoms with Gasteiger partial charge in [0.2, 0.25) is 11.8 Å². The Morgan fingerprint density at radius 3 is 2.74 bits per heavy atom. The zero-order chi connectivity index (χ0) is 16.6. The molecular weight excluding hydrogens is 290 g/mol. The zero-order valence-corrected chi connectivity index (χ0v) is 13.6. The van der Waals surface area contributed by atoms with E-state index in [0.29, 0.717) is 19.4 Å². The van der Waals surface area contributed by atoms with E-state index in [4.69, 9.17) is 0 Å². The van der Waals surface area contributed by atoms with Crippen molar-refractivity contribution in [1.29, 1.82) is 5.26 Å². The van der Waals surface area contributed by atoms with Crippen LogP contribution in [-0.2, 0) is 9.59 Å². The molecule has 120 valence electrons. The first kappa shape index (κ1) is 15.5. The number of hydrogen-bond donors (Lipinski definition) is 1. The summed E-state index contributed by atoms with van der Waals surface area (Å²) in [5.74, 6) is -0.584. The van der Waals surface area contributed by atoms with E-state index in [-0.39, 0.29) is 24.2 Å². The average Bonchev–Trinajstić information content (AvgIpc) is 2.87. The van der Waals surface area contributed by atoms with Crippen molar-refractivity contribution in [2.24, 2.45) is 5.92 Å². The van der Waals surface area contributed by atoms with Crippen molar-refractivity contribution in [3.05, 3.63) is 29.3 Å². The zero-order valence-electron chi connectivity index (χ0n) is 13.6. The monoisotopic (exact) mass is 311 g/mol. The summed E-state index contributed by atoms with van der Waals surface area (Å²) in [6, 6.07) is 8.07. The summed E-state index contributed by atoms with van der Waals surface area (Å²) < 4.78 is 0. The van der Waals surface area contributed by atoms with E-state index in [1.807, 2.05) is 32.0 Å². The molecule has 1 atom stereocenters. The number of nitriles is 1. The summed E-state index contributed by atoms with van der Waals surface area (Å²) >= 11 is 0. The molecule has 1 aliphatic heterocycles. The molecule has 0 bridgehead atoms. The predicted molar refractivity (Wildman–Crippen MR) is 86.7 cm³/mol. The van der Waals surface area contributed by atoms with Gasteiger partial charge in [-0.15, -0.1) is 0 Å². The van der Waals surface area contributed by atoms with Gasteiger partial charge >= 0.3 is 0 Å². The molecule has 2 aliphatic rings. The van der Waals surface area contributed by atoms with Crippen molar-refractivity contribution in [3.8, 4) is 6.07 Å². The minimum atomic E-state index is -0.702. The van der Waals surface area contributed by atoms with Gasteiger partial charge in [-0.25, -0.2) is 0 Å². The molecule has 1 saturated carbocycles. The van der Waals surface area contributed by atoms with E-state index in [2.05, 4.69) is 11.4 Å². The van der Waals surface area contributed by atoms with Crippen LogP contribution < -0.4 is 10.2 Å². The lowest BCUT2D eigenvalue weighted by atomic mass is 9.77. The maximum atomic E-state index is 12.4. The van der Waals surface area contributed by atoms with Crippen LogP contribution >= 0.6 is 0 Å². The lowest BCUT2D eigenvalue weighted by Gasteiger charge is -2.36. The Morgan fingerprint density at radius 2 is 2.13 bits per heavy atom. The molecule has 0 aromatic heterocycles. The number of carbonyl (C=O) groups is 2. The van der Waals surface area contributed by atoms with Crippen LogP contribution in [0.2, 0.25) is 0 Å². The smallest absolute Gasteiger partial charge is 0.227 e.